The maximum atomic E-state index is 12.4. The Labute approximate surface area is 356 Å². The van der Waals surface area contributed by atoms with Crippen LogP contribution in [0.4, 0.5) is 0 Å². The number of carbonyl (C=O) groups excluding carboxylic acids is 1. The molecule has 0 aliphatic carbocycles. The second-order valence-electron chi connectivity index (χ2n) is 16.9. The number of allylic oxidation sites excluding steroid dienone is 9. The summed E-state index contributed by atoms with van der Waals surface area (Å²) in [6.07, 6.45) is 67.8. The summed E-state index contributed by atoms with van der Waals surface area (Å²) in [5.41, 5.74) is 0. The molecule has 0 heterocycles. The molecule has 3 N–H and O–H groups in total. The van der Waals surface area contributed by atoms with Crippen molar-refractivity contribution in [1.29, 1.82) is 0 Å². The smallest absolute Gasteiger partial charge is 0.220 e. The number of rotatable bonds is 45. The van der Waals surface area contributed by atoms with E-state index >= 15 is 0 Å². The van der Waals surface area contributed by atoms with Gasteiger partial charge in [-0.3, -0.25) is 4.79 Å². The molecule has 0 rings (SSSR count). The number of aliphatic hydroxyl groups is 2. The fourth-order valence-corrected chi connectivity index (χ4v) is 7.36. The second kappa shape index (κ2) is 48.5. The van der Waals surface area contributed by atoms with Crippen LogP contribution < -0.4 is 5.32 Å². The van der Waals surface area contributed by atoms with Gasteiger partial charge in [-0.1, -0.05) is 229 Å². The fourth-order valence-electron chi connectivity index (χ4n) is 7.36. The Morgan fingerprint density at radius 2 is 0.737 bits per heavy atom. The van der Waals surface area contributed by atoms with Crippen LogP contribution in [-0.4, -0.2) is 34.9 Å². The van der Waals surface area contributed by atoms with Gasteiger partial charge in [-0.25, -0.2) is 0 Å². The SMILES string of the molecule is CCCCCCCCCCC/C=C\C/C=C\CCCCCCCCCCCC(=O)NC(CO)C(O)/C=C/CC/C=C/CC/C=C/CCCCCCCCCCCC. The van der Waals surface area contributed by atoms with Gasteiger partial charge in [-0.2, -0.15) is 0 Å². The third-order valence-corrected chi connectivity index (χ3v) is 11.2. The molecule has 2 unspecified atom stereocenters. The van der Waals surface area contributed by atoms with Gasteiger partial charge in [0.1, 0.15) is 0 Å². The minimum absolute atomic E-state index is 0.0823. The van der Waals surface area contributed by atoms with Crippen LogP contribution in [0.25, 0.3) is 0 Å². The van der Waals surface area contributed by atoms with Crippen LogP contribution in [-0.2, 0) is 4.79 Å². The van der Waals surface area contributed by atoms with Crippen molar-refractivity contribution < 1.29 is 15.0 Å². The van der Waals surface area contributed by atoms with Crippen LogP contribution in [0.3, 0.4) is 0 Å². The van der Waals surface area contributed by atoms with Crippen molar-refractivity contribution in [2.75, 3.05) is 6.61 Å². The molecule has 332 valence electrons. The van der Waals surface area contributed by atoms with Gasteiger partial charge in [0, 0.05) is 6.42 Å². The van der Waals surface area contributed by atoms with Crippen molar-refractivity contribution in [3.8, 4) is 0 Å². The van der Waals surface area contributed by atoms with E-state index in [9.17, 15) is 15.0 Å². The predicted octanol–water partition coefficient (Wildman–Crippen LogP) is 16.1. The van der Waals surface area contributed by atoms with E-state index < -0.39 is 12.1 Å². The van der Waals surface area contributed by atoms with Crippen LogP contribution in [0.1, 0.15) is 251 Å². The molecule has 2 atom stereocenters. The van der Waals surface area contributed by atoms with Crippen LogP contribution in [0.15, 0.2) is 60.8 Å². The quantitative estimate of drug-likeness (QED) is 0.0425. The Balaban J connectivity index is 3.62. The standard InChI is InChI=1S/C53H97NO3/c1-3-5-7-9-11-13-15-17-19-21-23-25-26-27-28-29-31-33-35-37-39-41-43-45-47-49-53(57)54-51(50-55)52(56)48-46-44-42-40-38-36-34-32-30-24-22-20-18-16-14-12-10-8-6-4-2/h23,25,27-28,30,32,38,40,46,48,51-52,55-56H,3-22,24,26,29,31,33-37,39,41-45,47,49-50H2,1-2H3,(H,54,57)/b25-23-,28-27-,32-30+,40-38+,48-46+. The molecule has 0 aromatic rings. The molecule has 0 radical (unpaired) electrons. The van der Waals surface area contributed by atoms with Crippen LogP contribution in [0.5, 0.6) is 0 Å². The molecule has 0 fully saturated rings. The molecule has 1 amide bonds. The lowest BCUT2D eigenvalue weighted by Gasteiger charge is -2.19. The molecule has 4 nitrogen and oxygen atoms in total. The summed E-state index contributed by atoms with van der Waals surface area (Å²) in [5.74, 6) is -0.0823. The Kier molecular flexibility index (Phi) is 46.8. The van der Waals surface area contributed by atoms with E-state index in [2.05, 4.69) is 67.8 Å². The highest BCUT2D eigenvalue weighted by Gasteiger charge is 2.17. The van der Waals surface area contributed by atoms with Gasteiger partial charge in [0.05, 0.1) is 18.8 Å². The number of hydrogen-bond acceptors (Lipinski definition) is 3. The van der Waals surface area contributed by atoms with Gasteiger partial charge in [-0.05, 0) is 77.0 Å². The van der Waals surface area contributed by atoms with Gasteiger partial charge >= 0.3 is 0 Å². The lowest BCUT2D eigenvalue weighted by molar-refractivity contribution is -0.123. The Morgan fingerprint density at radius 3 is 1.12 bits per heavy atom. The Hall–Kier alpha value is -1.91. The van der Waals surface area contributed by atoms with E-state index in [0.29, 0.717) is 6.42 Å². The highest BCUT2D eigenvalue weighted by molar-refractivity contribution is 5.76. The fraction of sp³-hybridized carbons (Fsp3) is 0.792. The average molecular weight is 796 g/mol. The van der Waals surface area contributed by atoms with Crippen LogP contribution in [0.2, 0.25) is 0 Å². The number of amides is 1. The Morgan fingerprint density at radius 1 is 0.421 bits per heavy atom. The number of nitrogens with one attached hydrogen (secondary N) is 1. The minimum atomic E-state index is -0.874. The zero-order valence-electron chi connectivity index (χ0n) is 38.1. The molecule has 0 saturated carbocycles. The normalized spacial score (nSPS) is 13.4. The van der Waals surface area contributed by atoms with Crippen molar-refractivity contribution in [3.05, 3.63) is 60.8 Å². The lowest BCUT2D eigenvalue weighted by Crippen LogP contribution is -2.45. The van der Waals surface area contributed by atoms with Crippen molar-refractivity contribution in [1.82, 2.24) is 5.32 Å². The van der Waals surface area contributed by atoms with Gasteiger partial charge < -0.3 is 15.5 Å². The number of carbonyl (C=O) groups is 1. The van der Waals surface area contributed by atoms with E-state index in [-0.39, 0.29) is 12.5 Å². The summed E-state index contributed by atoms with van der Waals surface area (Å²) >= 11 is 0. The summed E-state index contributed by atoms with van der Waals surface area (Å²) in [5, 5.41) is 23.1. The number of hydrogen-bond donors (Lipinski definition) is 3. The van der Waals surface area contributed by atoms with Crippen molar-refractivity contribution >= 4 is 5.91 Å². The first kappa shape index (κ1) is 55.1. The molecule has 0 saturated heterocycles. The van der Waals surface area contributed by atoms with Gasteiger partial charge in [0.2, 0.25) is 5.91 Å². The van der Waals surface area contributed by atoms with E-state index in [1.165, 1.54) is 186 Å². The molecule has 0 aliphatic rings. The molecule has 0 aromatic heterocycles. The lowest BCUT2D eigenvalue weighted by atomic mass is 10.1. The molecule has 0 aromatic carbocycles. The average Bonchev–Trinajstić information content (AvgIpc) is 3.22. The second-order valence-corrected chi connectivity index (χ2v) is 16.9. The van der Waals surface area contributed by atoms with Crippen molar-refractivity contribution in [2.45, 2.75) is 264 Å². The molecular formula is C53H97NO3. The molecule has 0 aliphatic heterocycles. The zero-order valence-corrected chi connectivity index (χ0v) is 38.1. The topological polar surface area (TPSA) is 69.6 Å². The van der Waals surface area contributed by atoms with Crippen LogP contribution in [0, 0.1) is 0 Å². The first-order valence-corrected chi connectivity index (χ1v) is 25.0. The molecule has 0 spiro atoms. The zero-order chi connectivity index (χ0) is 41.4. The summed E-state index contributed by atoms with van der Waals surface area (Å²) in [7, 11) is 0. The minimum Gasteiger partial charge on any atom is -0.394 e. The van der Waals surface area contributed by atoms with E-state index in [0.717, 1.165) is 44.9 Å². The maximum absolute atomic E-state index is 12.4. The summed E-state index contributed by atoms with van der Waals surface area (Å²) in [6.45, 7) is 4.30. The Bertz CT molecular complexity index is 950. The van der Waals surface area contributed by atoms with E-state index in [4.69, 9.17) is 0 Å². The van der Waals surface area contributed by atoms with Gasteiger partial charge in [0.25, 0.3) is 0 Å². The van der Waals surface area contributed by atoms with E-state index in [1.807, 2.05) is 6.08 Å². The molecule has 57 heavy (non-hydrogen) atoms. The maximum Gasteiger partial charge on any atom is 0.220 e. The van der Waals surface area contributed by atoms with Crippen molar-refractivity contribution in [2.24, 2.45) is 0 Å². The van der Waals surface area contributed by atoms with Gasteiger partial charge in [0.15, 0.2) is 0 Å². The summed E-state index contributed by atoms with van der Waals surface area (Å²) in [4.78, 5) is 12.4. The van der Waals surface area contributed by atoms with Crippen LogP contribution >= 0.6 is 0 Å². The first-order valence-electron chi connectivity index (χ1n) is 25.0. The first-order chi connectivity index (χ1) is 28.2. The van der Waals surface area contributed by atoms with E-state index in [1.54, 1.807) is 6.08 Å². The highest BCUT2D eigenvalue weighted by Crippen LogP contribution is 2.14. The largest absolute Gasteiger partial charge is 0.394 e. The third kappa shape index (κ3) is 45.0. The summed E-state index contributed by atoms with van der Waals surface area (Å²) < 4.78 is 0. The number of unbranched alkanes of at least 4 members (excludes halogenated alkanes) is 30. The highest BCUT2D eigenvalue weighted by atomic mass is 16.3. The molecular weight excluding hydrogens is 699 g/mol. The van der Waals surface area contributed by atoms with Crippen molar-refractivity contribution in [3.63, 3.8) is 0 Å². The van der Waals surface area contributed by atoms with Gasteiger partial charge in [-0.15, -0.1) is 0 Å². The summed E-state index contributed by atoms with van der Waals surface area (Å²) in [6, 6.07) is -0.650. The molecule has 0 bridgehead atoms. The predicted molar refractivity (Wildman–Crippen MR) is 253 cm³/mol. The third-order valence-electron chi connectivity index (χ3n) is 11.2. The molecule has 4 heteroatoms. The monoisotopic (exact) mass is 796 g/mol. The number of aliphatic hydroxyl groups excluding tert-OH is 2.